The Morgan fingerprint density at radius 1 is 0.930 bits per heavy atom. The van der Waals surface area contributed by atoms with Crippen LogP contribution in [0.15, 0.2) is 53.5 Å². The number of hydrogen-bond acceptors (Lipinski definition) is 13. The zero-order chi connectivity index (χ0) is 52.7. The average Bonchev–Trinajstić information content (AvgIpc) is 3.31. The fraction of sp³-hybridized carbons (Fsp3) is 0.532. The number of aromatic hydroxyl groups is 1. The predicted molar refractivity (Wildman–Crippen MR) is 257 cm³/mol. The van der Waals surface area contributed by atoms with Crippen LogP contribution in [0.3, 0.4) is 0 Å². The van der Waals surface area contributed by atoms with E-state index in [0.717, 1.165) is 16.7 Å². The number of guanidine groups is 1. The third-order valence-corrected chi connectivity index (χ3v) is 12.7. The second-order valence-electron chi connectivity index (χ2n) is 17.7. The second-order valence-corrected chi connectivity index (χ2v) is 18.1. The lowest BCUT2D eigenvalue weighted by Crippen LogP contribution is -2.65. The van der Waals surface area contributed by atoms with Crippen LogP contribution in [0.1, 0.15) is 83.8 Å². The number of halogens is 1. The number of ether oxygens (including phenoxy) is 1. The maximum Gasteiger partial charge on any atom is 0.329 e. The number of aliphatic hydroxyl groups is 1. The van der Waals surface area contributed by atoms with Crippen molar-refractivity contribution in [2.45, 2.75) is 140 Å². The number of nitrogens with two attached hydrogens (primary N) is 2. The number of likely N-dealkylation sites (N-methyl/N-ethyl adjacent to an activating group) is 1. The van der Waals surface area contributed by atoms with Crippen LogP contribution in [0.25, 0.3) is 0 Å². The molecule has 2 bridgehead atoms. The molecule has 2 aliphatic heterocycles. The summed E-state index contributed by atoms with van der Waals surface area (Å²) in [5, 5.41) is 43.8. The first kappa shape index (κ1) is 56.6. The highest BCUT2D eigenvalue weighted by Gasteiger charge is 2.46. The molecule has 0 saturated carbocycles. The molecule has 10 atom stereocenters. The Hall–Kier alpha value is -7.01. The van der Waals surface area contributed by atoms with E-state index in [1.165, 1.54) is 32.2 Å². The summed E-state index contributed by atoms with van der Waals surface area (Å²) in [5.41, 5.74) is 12.0. The third-order valence-electron chi connectivity index (χ3n) is 12.4. The Kier molecular flexibility index (Phi) is 20.9. The van der Waals surface area contributed by atoms with Crippen molar-refractivity contribution >= 4 is 70.8 Å². The van der Waals surface area contributed by atoms with Crippen molar-refractivity contribution in [3.63, 3.8) is 0 Å². The summed E-state index contributed by atoms with van der Waals surface area (Å²) < 4.78 is 5.86. The molecule has 12 N–H and O–H groups in total. The first-order chi connectivity index (χ1) is 33.5. The minimum Gasteiger partial charge on any atom is -0.506 e. The van der Waals surface area contributed by atoms with Crippen LogP contribution >= 0.6 is 11.6 Å². The number of hydrogen-bond donors (Lipinski definition) is 10. The van der Waals surface area contributed by atoms with Gasteiger partial charge in [-0.2, -0.15) is 0 Å². The Morgan fingerprint density at radius 3 is 2.23 bits per heavy atom. The highest BCUT2D eigenvalue weighted by molar-refractivity contribution is 6.32. The van der Waals surface area contributed by atoms with Crippen molar-refractivity contribution in [1.82, 2.24) is 36.4 Å². The normalized spacial score (nSPS) is 24.6. The summed E-state index contributed by atoms with van der Waals surface area (Å²) >= 11 is 6.28. The van der Waals surface area contributed by atoms with Gasteiger partial charge in [0.2, 0.25) is 41.4 Å². The van der Waals surface area contributed by atoms with E-state index >= 15 is 4.79 Å². The molecule has 0 aromatic heterocycles. The molecule has 2 aromatic rings. The van der Waals surface area contributed by atoms with Crippen molar-refractivity contribution in [2.24, 2.45) is 22.4 Å². The lowest BCUT2D eigenvalue weighted by atomic mass is 9.95. The van der Waals surface area contributed by atoms with Crippen LogP contribution in [0.2, 0.25) is 5.02 Å². The molecule has 24 heteroatoms. The SMILES string of the molecule is CCC(C)C1NC(=O)C(Cc2ccc(O)c(Cl)c2)N(C)C(=O)C(Cc2ccccc2)N2C(=O)C(CCC2O)NC(=O)C(CCCN=C(N)N)NC(=O)C(NC(=O)C(CCC(=O)O)NC(C)=O)C(C)OC1=O. The largest absolute Gasteiger partial charge is 0.506 e. The Morgan fingerprint density at radius 2 is 1.61 bits per heavy atom. The van der Waals surface area contributed by atoms with Crippen LogP contribution in [-0.2, 0) is 60.7 Å². The van der Waals surface area contributed by atoms with E-state index in [1.807, 2.05) is 0 Å². The number of aliphatic imine (C=N–C) groups is 1. The minimum atomic E-state index is -1.85. The van der Waals surface area contributed by atoms with Crippen LogP contribution < -0.4 is 38.1 Å². The van der Waals surface area contributed by atoms with E-state index in [1.54, 1.807) is 44.2 Å². The highest BCUT2D eigenvalue weighted by atomic mass is 35.5. The van der Waals surface area contributed by atoms with Gasteiger partial charge in [0.15, 0.2) is 5.96 Å². The van der Waals surface area contributed by atoms with Gasteiger partial charge < -0.3 is 67.9 Å². The van der Waals surface area contributed by atoms with Gasteiger partial charge in [0.25, 0.3) is 0 Å². The number of carbonyl (C=O) groups excluding carboxylic acids is 8. The van der Waals surface area contributed by atoms with Gasteiger partial charge in [0.1, 0.15) is 60.4 Å². The molecule has 2 saturated heterocycles. The van der Waals surface area contributed by atoms with E-state index in [0.29, 0.717) is 11.1 Å². The fourth-order valence-corrected chi connectivity index (χ4v) is 8.42. The molecule has 4 rings (SSSR count). The molecule has 0 spiro atoms. The summed E-state index contributed by atoms with van der Waals surface area (Å²) in [6.45, 7) is 5.68. The molecule has 2 fully saturated rings. The molecule has 10 unspecified atom stereocenters. The van der Waals surface area contributed by atoms with Crippen molar-refractivity contribution in [3.05, 3.63) is 64.7 Å². The fourth-order valence-electron chi connectivity index (χ4n) is 8.22. The summed E-state index contributed by atoms with van der Waals surface area (Å²) in [7, 11) is 1.32. The standard InChI is InChI=1S/C47H65ClN10O13/c1-6-24(2)38-46(70)71-25(3)39(56-41(65)31(52-26(4)59)16-19-37(62)63)43(67)53-30(13-10-20-51-47(49)50)40(64)54-32-15-18-36(61)58(44(32)68)34(22-27-11-8-7-9-12-27)45(69)57(5)33(42(66)55-38)23-28-14-17-35(60)29(48)21-28/h7-9,11-12,14,17,21,24-25,30-34,36,38-39,60-61H,6,10,13,15-16,18-20,22-23H2,1-5H3,(H,52,59)(H,53,67)(H,54,64)(H,55,66)(H,56,65)(H,62,63)(H4,49,50,51). The van der Waals surface area contributed by atoms with Gasteiger partial charge in [-0.1, -0.05) is 68.3 Å². The van der Waals surface area contributed by atoms with Gasteiger partial charge >= 0.3 is 11.9 Å². The van der Waals surface area contributed by atoms with Crippen molar-refractivity contribution in [1.29, 1.82) is 0 Å². The molecule has 2 aliphatic rings. The van der Waals surface area contributed by atoms with Gasteiger partial charge in [-0.25, -0.2) is 4.79 Å². The molecule has 0 radical (unpaired) electrons. The Balaban J connectivity index is 1.92. The summed E-state index contributed by atoms with van der Waals surface area (Å²) in [6.07, 6.45) is -4.62. The highest BCUT2D eigenvalue weighted by Crippen LogP contribution is 2.28. The lowest BCUT2D eigenvalue weighted by molar-refractivity contribution is -0.165. The maximum absolute atomic E-state index is 15.1. The number of carboxylic acid groups (broad SMARTS) is 1. The van der Waals surface area contributed by atoms with E-state index in [9.17, 15) is 53.7 Å². The quantitative estimate of drug-likeness (QED) is 0.0431. The van der Waals surface area contributed by atoms with Crippen LogP contribution in [-0.4, -0.2) is 153 Å². The first-order valence-electron chi connectivity index (χ1n) is 23.3. The number of phenolic OH excluding ortho intramolecular Hbond substituents is 1. The Labute approximate surface area is 415 Å². The number of carboxylic acids is 1. The topological polar surface area (TPSA) is 355 Å². The van der Waals surface area contributed by atoms with Crippen LogP contribution in [0, 0.1) is 5.92 Å². The average molecular weight is 1010 g/mol. The van der Waals surface area contributed by atoms with E-state index < -0.39 is 127 Å². The molecule has 2 heterocycles. The number of esters is 1. The van der Waals surface area contributed by atoms with Crippen LogP contribution in [0.4, 0.5) is 0 Å². The van der Waals surface area contributed by atoms with Gasteiger partial charge in [0, 0.05) is 39.8 Å². The van der Waals surface area contributed by atoms with Gasteiger partial charge in [-0.05, 0) is 68.2 Å². The molecular formula is C47H65ClN10O13. The zero-order valence-corrected chi connectivity index (χ0v) is 41.0. The second kappa shape index (κ2) is 26.3. The number of fused-ring (bicyclic) bond motifs is 2. The number of benzene rings is 2. The molecule has 23 nitrogen and oxygen atoms in total. The third kappa shape index (κ3) is 16.0. The molecule has 2 aromatic carbocycles. The molecule has 388 valence electrons. The Bertz CT molecular complexity index is 2300. The zero-order valence-electron chi connectivity index (χ0n) is 40.3. The number of phenols is 1. The molecular weight excluding hydrogens is 948 g/mol. The van der Waals surface area contributed by atoms with Crippen molar-refractivity contribution in [3.8, 4) is 5.75 Å². The number of nitrogens with one attached hydrogen (secondary N) is 5. The number of cyclic esters (lactones) is 1. The molecule has 7 amide bonds. The number of piperidine rings is 1. The number of carbonyl (C=O) groups is 9. The van der Waals surface area contributed by atoms with Gasteiger partial charge in [-0.3, -0.25) is 43.3 Å². The van der Waals surface area contributed by atoms with Crippen molar-refractivity contribution in [2.75, 3.05) is 13.6 Å². The smallest absolute Gasteiger partial charge is 0.329 e. The predicted octanol–water partition coefficient (Wildman–Crippen LogP) is -0.679. The van der Waals surface area contributed by atoms with Crippen LogP contribution in [0.5, 0.6) is 5.75 Å². The number of nitrogens with zero attached hydrogens (tertiary/aromatic N) is 3. The van der Waals surface area contributed by atoms with E-state index in [2.05, 4.69) is 31.6 Å². The molecule has 71 heavy (non-hydrogen) atoms. The van der Waals surface area contributed by atoms with E-state index in [-0.39, 0.29) is 68.2 Å². The maximum atomic E-state index is 15.1. The number of aliphatic carboxylic acids is 1. The monoisotopic (exact) mass is 1010 g/mol. The van der Waals surface area contributed by atoms with Gasteiger partial charge in [-0.15, -0.1) is 0 Å². The van der Waals surface area contributed by atoms with Gasteiger partial charge in [0.05, 0.1) is 5.02 Å². The minimum absolute atomic E-state index is 0.0131. The number of aliphatic hydroxyl groups excluding tert-OH is 1. The number of amides is 7. The summed E-state index contributed by atoms with van der Waals surface area (Å²) in [6, 6.07) is 2.06. The summed E-state index contributed by atoms with van der Waals surface area (Å²) in [4.78, 5) is 131. The number of rotatable bonds is 16. The lowest BCUT2D eigenvalue weighted by Gasteiger charge is -2.43. The molecule has 0 aliphatic carbocycles. The van der Waals surface area contributed by atoms with Crippen molar-refractivity contribution < 1.29 is 63.2 Å². The summed E-state index contributed by atoms with van der Waals surface area (Å²) in [5.74, 6) is -9.90. The van der Waals surface area contributed by atoms with E-state index in [4.69, 9.17) is 27.8 Å². The first-order valence-corrected chi connectivity index (χ1v) is 23.6.